The van der Waals surface area contributed by atoms with Gasteiger partial charge in [-0.1, -0.05) is 19.8 Å². The fourth-order valence-electron chi connectivity index (χ4n) is 2.54. The molecule has 2 N–H and O–H groups in total. The summed E-state index contributed by atoms with van der Waals surface area (Å²) < 4.78 is 1.92. The summed E-state index contributed by atoms with van der Waals surface area (Å²) in [5.41, 5.74) is 1.85. The van der Waals surface area contributed by atoms with Crippen molar-refractivity contribution in [3.8, 4) is 0 Å². The van der Waals surface area contributed by atoms with Crippen molar-refractivity contribution >= 4 is 0 Å². The monoisotopic (exact) mass is 237 g/mol. The fourth-order valence-corrected chi connectivity index (χ4v) is 2.54. The van der Waals surface area contributed by atoms with E-state index >= 15 is 0 Å². The van der Waals surface area contributed by atoms with Gasteiger partial charge in [-0.25, -0.2) is 0 Å². The van der Waals surface area contributed by atoms with Gasteiger partial charge in [-0.3, -0.25) is 4.68 Å². The lowest BCUT2D eigenvalue weighted by Gasteiger charge is -2.22. The Morgan fingerprint density at radius 3 is 2.76 bits per heavy atom. The molecule has 0 saturated heterocycles. The number of aromatic nitrogens is 2. The number of aryl methyl sites for hydroxylation is 2. The summed E-state index contributed by atoms with van der Waals surface area (Å²) in [6.45, 7) is 3.59. The van der Waals surface area contributed by atoms with Gasteiger partial charge < -0.3 is 10.4 Å². The van der Waals surface area contributed by atoms with Crippen molar-refractivity contribution in [2.75, 3.05) is 6.54 Å². The van der Waals surface area contributed by atoms with Gasteiger partial charge in [0.15, 0.2) is 0 Å². The third-order valence-electron chi connectivity index (χ3n) is 3.68. The van der Waals surface area contributed by atoms with Crippen molar-refractivity contribution in [2.45, 2.75) is 51.2 Å². The third-order valence-corrected chi connectivity index (χ3v) is 3.68. The normalized spacial score (nSPS) is 18.8. The maximum atomic E-state index is 10.2. The maximum absolute atomic E-state index is 10.2. The zero-order valence-corrected chi connectivity index (χ0v) is 10.9. The Morgan fingerprint density at radius 2 is 2.18 bits per heavy atom. The van der Waals surface area contributed by atoms with Crippen LogP contribution in [-0.4, -0.2) is 27.0 Å². The van der Waals surface area contributed by atoms with E-state index in [0.29, 0.717) is 6.54 Å². The fraction of sp³-hybridized carbons (Fsp3) is 0.769. The van der Waals surface area contributed by atoms with Gasteiger partial charge in [-0.05, 0) is 25.3 Å². The lowest BCUT2D eigenvalue weighted by atomic mass is 10.0. The second-order valence-electron chi connectivity index (χ2n) is 5.14. The maximum Gasteiger partial charge on any atom is 0.0771 e. The number of nitrogens with zero attached hydrogens (tertiary/aromatic N) is 2. The predicted molar refractivity (Wildman–Crippen MR) is 67.7 cm³/mol. The highest BCUT2D eigenvalue weighted by Crippen LogP contribution is 2.28. The second kappa shape index (κ2) is 5.19. The summed E-state index contributed by atoms with van der Waals surface area (Å²) in [5, 5.41) is 18.0. The van der Waals surface area contributed by atoms with Crippen molar-refractivity contribution in [1.29, 1.82) is 0 Å². The second-order valence-corrected chi connectivity index (χ2v) is 5.14. The average Bonchev–Trinajstić information content (AvgIpc) is 2.87. The SMILES string of the molecule is CCc1cc(CNCC2(O)CCCC2)n(C)n1. The molecule has 1 saturated carbocycles. The van der Waals surface area contributed by atoms with Crippen LogP contribution in [-0.2, 0) is 20.0 Å². The highest BCUT2D eigenvalue weighted by atomic mass is 16.3. The minimum absolute atomic E-state index is 0.466. The van der Waals surface area contributed by atoms with Crippen LogP contribution in [0, 0.1) is 0 Å². The number of rotatable bonds is 5. The van der Waals surface area contributed by atoms with Crippen LogP contribution in [0.3, 0.4) is 0 Å². The quantitative estimate of drug-likeness (QED) is 0.813. The van der Waals surface area contributed by atoms with Gasteiger partial charge in [0.25, 0.3) is 0 Å². The van der Waals surface area contributed by atoms with Gasteiger partial charge in [-0.2, -0.15) is 5.10 Å². The Kier molecular flexibility index (Phi) is 3.84. The van der Waals surface area contributed by atoms with Crippen LogP contribution in [0.1, 0.15) is 44.0 Å². The van der Waals surface area contributed by atoms with Crippen molar-refractivity contribution in [2.24, 2.45) is 7.05 Å². The molecule has 0 aliphatic heterocycles. The number of aliphatic hydroxyl groups is 1. The molecule has 17 heavy (non-hydrogen) atoms. The summed E-state index contributed by atoms with van der Waals surface area (Å²) in [4.78, 5) is 0. The summed E-state index contributed by atoms with van der Waals surface area (Å²) in [5.74, 6) is 0. The van der Waals surface area contributed by atoms with Crippen LogP contribution in [0.4, 0.5) is 0 Å². The number of nitrogens with one attached hydrogen (secondary N) is 1. The van der Waals surface area contributed by atoms with Gasteiger partial charge >= 0.3 is 0 Å². The highest BCUT2D eigenvalue weighted by Gasteiger charge is 2.30. The molecule has 0 radical (unpaired) electrons. The molecule has 1 aromatic rings. The molecule has 0 atom stereocenters. The van der Waals surface area contributed by atoms with Crippen molar-refractivity contribution in [3.63, 3.8) is 0 Å². The first-order chi connectivity index (χ1) is 8.13. The Bertz CT molecular complexity index is 367. The average molecular weight is 237 g/mol. The first-order valence-electron chi connectivity index (χ1n) is 6.58. The molecule has 1 aliphatic rings. The topological polar surface area (TPSA) is 50.1 Å². The van der Waals surface area contributed by atoms with E-state index in [-0.39, 0.29) is 0 Å². The standard InChI is InChI=1S/C13H23N3O/c1-3-11-8-12(16(2)15-11)9-14-10-13(17)6-4-5-7-13/h8,14,17H,3-7,9-10H2,1-2H3. The molecule has 1 aliphatic carbocycles. The molecule has 1 fully saturated rings. The van der Waals surface area contributed by atoms with E-state index in [1.807, 2.05) is 11.7 Å². The summed E-state index contributed by atoms with van der Waals surface area (Å²) in [7, 11) is 1.97. The van der Waals surface area contributed by atoms with Crippen LogP contribution in [0.15, 0.2) is 6.07 Å². The predicted octanol–water partition coefficient (Wildman–Crippen LogP) is 1.38. The molecule has 1 aromatic heterocycles. The molecule has 4 nitrogen and oxygen atoms in total. The van der Waals surface area contributed by atoms with E-state index in [1.54, 1.807) is 0 Å². The van der Waals surface area contributed by atoms with E-state index < -0.39 is 5.60 Å². The Hall–Kier alpha value is -0.870. The Balaban J connectivity index is 1.83. The molecule has 0 amide bonds. The third kappa shape index (κ3) is 3.07. The van der Waals surface area contributed by atoms with Crippen molar-refractivity contribution < 1.29 is 5.11 Å². The van der Waals surface area contributed by atoms with Crippen molar-refractivity contribution in [1.82, 2.24) is 15.1 Å². The zero-order chi connectivity index (χ0) is 12.3. The molecule has 2 rings (SSSR count). The molecule has 0 spiro atoms. The number of hydrogen-bond donors (Lipinski definition) is 2. The summed E-state index contributed by atoms with van der Waals surface area (Å²) >= 11 is 0. The Morgan fingerprint density at radius 1 is 1.47 bits per heavy atom. The zero-order valence-electron chi connectivity index (χ0n) is 10.9. The molecule has 0 unspecified atom stereocenters. The molecule has 4 heteroatoms. The molecular formula is C13H23N3O. The van der Waals surface area contributed by atoms with Crippen LogP contribution in [0.5, 0.6) is 0 Å². The smallest absolute Gasteiger partial charge is 0.0771 e. The van der Waals surface area contributed by atoms with Gasteiger partial charge in [0, 0.05) is 20.1 Å². The van der Waals surface area contributed by atoms with Gasteiger partial charge in [0.05, 0.1) is 17.0 Å². The largest absolute Gasteiger partial charge is 0.389 e. The van der Waals surface area contributed by atoms with E-state index in [0.717, 1.165) is 44.3 Å². The van der Waals surface area contributed by atoms with E-state index in [1.165, 1.54) is 5.69 Å². The summed E-state index contributed by atoms with van der Waals surface area (Å²) in [6, 6.07) is 2.13. The van der Waals surface area contributed by atoms with E-state index in [2.05, 4.69) is 23.4 Å². The Labute approximate surface area is 103 Å². The summed E-state index contributed by atoms with van der Waals surface area (Å²) in [6.07, 6.45) is 5.16. The minimum Gasteiger partial charge on any atom is -0.389 e. The molecule has 0 bridgehead atoms. The van der Waals surface area contributed by atoms with E-state index in [4.69, 9.17) is 0 Å². The molecular weight excluding hydrogens is 214 g/mol. The van der Waals surface area contributed by atoms with E-state index in [9.17, 15) is 5.11 Å². The first kappa shape index (κ1) is 12.6. The number of hydrogen-bond acceptors (Lipinski definition) is 3. The first-order valence-corrected chi connectivity index (χ1v) is 6.58. The lowest BCUT2D eigenvalue weighted by molar-refractivity contribution is 0.0473. The lowest BCUT2D eigenvalue weighted by Crippen LogP contribution is -2.37. The molecule has 0 aromatic carbocycles. The molecule has 96 valence electrons. The minimum atomic E-state index is -0.466. The van der Waals surface area contributed by atoms with Crippen molar-refractivity contribution in [3.05, 3.63) is 17.5 Å². The van der Waals surface area contributed by atoms with Gasteiger partial charge in [0.2, 0.25) is 0 Å². The van der Waals surface area contributed by atoms with Gasteiger partial charge in [-0.15, -0.1) is 0 Å². The highest BCUT2D eigenvalue weighted by molar-refractivity contribution is 5.10. The van der Waals surface area contributed by atoms with Crippen LogP contribution in [0.25, 0.3) is 0 Å². The van der Waals surface area contributed by atoms with Crippen LogP contribution in [0.2, 0.25) is 0 Å². The van der Waals surface area contributed by atoms with Gasteiger partial charge in [0.1, 0.15) is 0 Å². The molecule has 1 heterocycles. The van der Waals surface area contributed by atoms with Crippen LogP contribution < -0.4 is 5.32 Å². The van der Waals surface area contributed by atoms with Crippen LogP contribution >= 0.6 is 0 Å².